The summed E-state index contributed by atoms with van der Waals surface area (Å²) in [5.74, 6) is 0.192. The van der Waals surface area contributed by atoms with Crippen LogP contribution >= 0.6 is 11.3 Å². The molecule has 0 aliphatic rings. The molecular weight excluding hydrogens is 256 g/mol. The largest absolute Gasteiger partial charge is 0.300 e. The monoisotopic (exact) mass is 276 g/mol. The Morgan fingerprint density at radius 1 is 1.47 bits per heavy atom. The van der Waals surface area contributed by atoms with E-state index in [1.807, 2.05) is 43.4 Å². The molecule has 98 valence electrons. The third-order valence-corrected chi connectivity index (χ3v) is 4.99. The summed E-state index contributed by atoms with van der Waals surface area (Å²) in [4.78, 5) is 3.20. The van der Waals surface area contributed by atoms with Crippen LogP contribution in [-0.4, -0.2) is 39.7 Å². The number of hydrogen-bond donors (Lipinski definition) is 1. The Morgan fingerprint density at radius 2 is 2.18 bits per heavy atom. The molecule has 0 aromatic carbocycles. The highest BCUT2D eigenvalue weighted by Gasteiger charge is 2.18. The van der Waals surface area contributed by atoms with E-state index in [4.69, 9.17) is 0 Å². The topological polar surface area (TPSA) is 49.4 Å². The van der Waals surface area contributed by atoms with Crippen LogP contribution in [0, 0.1) is 0 Å². The van der Waals surface area contributed by atoms with Crippen LogP contribution in [0.5, 0.6) is 0 Å². The second kappa shape index (κ2) is 6.49. The Balaban J connectivity index is 2.64. The van der Waals surface area contributed by atoms with Crippen LogP contribution in [0.2, 0.25) is 0 Å². The summed E-state index contributed by atoms with van der Waals surface area (Å²) in [6.07, 6.45) is 0.640. The molecule has 17 heavy (non-hydrogen) atoms. The molecule has 1 rings (SSSR count). The molecule has 0 saturated carbocycles. The van der Waals surface area contributed by atoms with Gasteiger partial charge in [0.1, 0.15) is 0 Å². The lowest BCUT2D eigenvalue weighted by Crippen LogP contribution is -2.35. The second-order valence-corrected chi connectivity index (χ2v) is 7.07. The van der Waals surface area contributed by atoms with Crippen molar-refractivity contribution in [2.75, 3.05) is 26.4 Å². The number of nitrogens with one attached hydrogen (secondary N) is 1. The Kier molecular flexibility index (Phi) is 5.58. The fourth-order valence-corrected chi connectivity index (χ4v) is 3.58. The molecule has 0 amide bonds. The highest BCUT2D eigenvalue weighted by Crippen LogP contribution is 2.22. The number of sulfonamides is 1. The quantitative estimate of drug-likeness (QED) is 0.824. The molecule has 1 atom stereocenters. The van der Waals surface area contributed by atoms with Crippen molar-refractivity contribution in [2.45, 2.75) is 19.4 Å². The zero-order valence-corrected chi connectivity index (χ0v) is 12.1. The van der Waals surface area contributed by atoms with E-state index in [0.717, 1.165) is 0 Å². The number of nitrogens with zero attached hydrogens (tertiary/aromatic N) is 1. The number of hydrogen-bond acceptors (Lipinski definition) is 4. The fraction of sp³-hybridized carbons (Fsp3) is 0.636. The van der Waals surface area contributed by atoms with Crippen LogP contribution in [0.1, 0.15) is 24.3 Å². The van der Waals surface area contributed by atoms with Crippen molar-refractivity contribution >= 4 is 21.4 Å². The summed E-state index contributed by atoms with van der Waals surface area (Å²) < 4.78 is 25.9. The minimum absolute atomic E-state index is 0.0987. The van der Waals surface area contributed by atoms with Crippen molar-refractivity contribution in [3.63, 3.8) is 0 Å². The third-order valence-electron chi connectivity index (χ3n) is 2.46. The maximum Gasteiger partial charge on any atom is 0.211 e. The third kappa shape index (κ3) is 4.75. The van der Waals surface area contributed by atoms with Gasteiger partial charge in [-0.15, -0.1) is 11.3 Å². The van der Waals surface area contributed by atoms with Gasteiger partial charge in [-0.3, -0.25) is 0 Å². The molecule has 0 spiro atoms. The van der Waals surface area contributed by atoms with Gasteiger partial charge in [0.25, 0.3) is 0 Å². The first-order chi connectivity index (χ1) is 7.96. The first kappa shape index (κ1) is 14.6. The highest BCUT2D eigenvalue weighted by molar-refractivity contribution is 7.89. The Hall–Kier alpha value is -0.430. The number of likely N-dealkylation sites (N-methyl/N-ethyl adjacent to an activating group) is 1. The fourth-order valence-electron chi connectivity index (χ4n) is 1.57. The molecular formula is C11H20N2O2S2. The summed E-state index contributed by atoms with van der Waals surface area (Å²) in [6.45, 7) is 2.29. The molecule has 0 bridgehead atoms. The maximum absolute atomic E-state index is 11.6. The van der Waals surface area contributed by atoms with E-state index in [1.54, 1.807) is 11.3 Å². The SMILES string of the molecule is CCCS(=O)(=O)NCC(c1cccs1)N(C)C. The minimum atomic E-state index is -3.12. The average molecular weight is 276 g/mol. The van der Waals surface area contributed by atoms with Crippen LogP contribution in [0.15, 0.2) is 17.5 Å². The van der Waals surface area contributed by atoms with Crippen molar-refractivity contribution < 1.29 is 8.42 Å². The normalized spacial score (nSPS) is 14.1. The van der Waals surface area contributed by atoms with Crippen molar-refractivity contribution in [1.29, 1.82) is 0 Å². The van der Waals surface area contributed by atoms with Gasteiger partial charge in [0.15, 0.2) is 0 Å². The molecule has 1 aromatic rings. The van der Waals surface area contributed by atoms with Gasteiger partial charge in [-0.2, -0.15) is 0 Å². The summed E-state index contributed by atoms with van der Waals surface area (Å²) in [5.41, 5.74) is 0. The Morgan fingerprint density at radius 3 is 2.65 bits per heavy atom. The van der Waals surface area contributed by atoms with E-state index in [2.05, 4.69) is 4.72 Å². The molecule has 0 radical (unpaired) electrons. The van der Waals surface area contributed by atoms with Gasteiger partial charge in [0.2, 0.25) is 10.0 Å². The summed E-state index contributed by atoms with van der Waals surface area (Å²) >= 11 is 1.65. The standard InChI is InChI=1S/C11H20N2O2S2/c1-4-8-17(14,15)12-9-10(13(2)3)11-6-5-7-16-11/h5-7,10,12H,4,8-9H2,1-3H3. The smallest absolute Gasteiger partial charge is 0.211 e. The number of rotatable bonds is 7. The van der Waals surface area contributed by atoms with Gasteiger partial charge in [0, 0.05) is 11.4 Å². The van der Waals surface area contributed by atoms with Gasteiger partial charge in [-0.1, -0.05) is 13.0 Å². The lowest BCUT2D eigenvalue weighted by molar-refractivity contribution is 0.303. The molecule has 1 N–H and O–H groups in total. The lowest BCUT2D eigenvalue weighted by atomic mass is 10.2. The van der Waals surface area contributed by atoms with Crippen LogP contribution in [0.4, 0.5) is 0 Å². The minimum Gasteiger partial charge on any atom is -0.300 e. The maximum atomic E-state index is 11.6. The van der Waals surface area contributed by atoms with Crippen molar-refractivity contribution in [2.24, 2.45) is 0 Å². The van der Waals surface area contributed by atoms with Crippen molar-refractivity contribution in [3.05, 3.63) is 22.4 Å². The van der Waals surface area contributed by atoms with E-state index in [1.165, 1.54) is 4.88 Å². The molecule has 0 aliphatic carbocycles. The average Bonchev–Trinajstić information content (AvgIpc) is 2.70. The van der Waals surface area contributed by atoms with Gasteiger partial charge < -0.3 is 4.90 Å². The molecule has 4 nitrogen and oxygen atoms in total. The zero-order valence-electron chi connectivity index (χ0n) is 10.5. The Labute approximate surface area is 108 Å². The first-order valence-corrected chi connectivity index (χ1v) is 8.16. The second-order valence-electron chi connectivity index (χ2n) is 4.16. The summed E-state index contributed by atoms with van der Waals surface area (Å²) in [6, 6.07) is 4.11. The van der Waals surface area contributed by atoms with Gasteiger partial charge >= 0.3 is 0 Å². The molecule has 0 saturated heterocycles. The highest BCUT2D eigenvalue weighted by atomic mass is 32.2. The van der Waals surface area contributed by atoms with Gasteiger partial charge in [-0.25, -0.2) is 13.1 Å². The van der Waals surface area contributed by atoms with Gasteiger partial charge in [0.05, 0.1) is 11.8 Å². The van der Waals surface area contributed by atoms with Crippen LogP contribution in [0.3, 0.4) is 0 Å². The van der Waals surface area contributed by atoms with E-state index >= 15 is 0 Å². The first-order valence-electron chi connectivity index (χ1n) is 5.63. The lowest BCUT2D eigenvalue weighted by Gasteiger charge is -2.23. The molecule has 6 heteroatoms. The van der Waals surface area contributed by atoms with Crippen LogP contribution in [-0.2, 0) is 10.0 Å². The van der Waals surface area contributed by atoms with E-state index in [0.29, 0.717) is 13.0 Å². The predicted molar refractivity (Wildman–Crippen MR) is 72.8 cm³/mol. The van der Waals surface area contributed by atoms with Gasteiger partial charge in [-0.05, 0) is 32.0 Å². The summed E-state index contributed by atoms with van der Waals surface area (Å²) in [5, 5.41) is 2.01. The van der Waals surface area contributed by atoms with Crippen LogP contribution < -0.4 is 4.72 Å². The van der Waals surface area contributed by atoms with Crippen molar-refractivity contribution in [3.8, 4) is 0 Å². The zero-order chi connectivity index (χ0) is 12.9. The van der Waals surface area contributed by atoms with E-state index < -0.39 is 10.0 Å². The molecule has 1 aromatic heterocycles. The predicted octanol–water partition coefficient (Wildman–Crippen LogP) is 1.68. The Bertz CT molecular complexity index is 413. The van der Waals surface area contributed by atoms with Crippen molar-refractivity contribution in [1.82, 2.24) is 9.62 Å². The number of thiophene rings is 1. The van der Waals surface area contributed by atoms with E-state index in [9.17, 15) is 8.42 Å². The molecule has 1 heterocycles. The molecule has 0 aliphatic heterocycles. The molecule has 1 unspecified atom stereocenters. The van der Waals surface area contributed by atoms with E-state index in [-0.39, 0.29) is 11.8 Å². The summed E-state index contributed by atoms with van der Waals surface area (Å²) in [7, 11) is 0.790. The van der Waals surface area contributed by atoms with Crippen LogP contribution in [0.25, 0.3) is 0 Å². The molecule has 0 fully saturated rings.